The lowest BCUT2D eigenvalue weighted by Crippen LogP contribution is -2.48. The minimum absolute atomic E-state index is 0.0131. The highest BCUT2D eigenvalue weighted by molar-refractivity contribution is 7.80. The highest BCUT2D eigenvalue weighted by Crippen LogP contribution is 2.16. The van der Waals surface area contributed by atoms with Crippen LogP contribution in [0.4, 0.5) is 5.69 Å². The van der Waals surface area contributed by atoms with E-state index in [9.17, 15) is 14.4 Å². The van der Waals surface area contributed by atoms with E-state index in [1.807, 2.05) is 63.2 Å². The first-order valence-electron chi connectivity index (χ1n) is 9.74. The smallest absolute Gasteiger partial charge is 0.250 e. The van der Waals surface area contributed by atoms with Crippen molar-refractivity contribution in [1.82, 2.24) is 16.2 Å². The molecule has 7 nitrogen and oxygen atoms in total. The molecular weight excluding hydrogens is 412 g/mol. The van der Waals surface area contributed by atoms with Crippen LogP contribution < -0.4 is 21.5 Å². The van der Waals surface area contributed by atoms with Gasteiger partial charge >= 0.3 is 0 Å². The molecule has 0 unspecified atom stereocenters. The third-order valence-corrected chi connectivity index (χ3v) is 4.50. The maximum Gasteiger partial charge on any atom is 0.250 e. The summed E-state index contributed by atoms with van der Waals surface area (Å²) >= 11 is 4.97. The van der Waals surface area contributed by atoms with E-state index in [2.05, 4.69) is 21.5 Å². The molecule has 0 spiro atoms. The van der Waals surface area contributed by atoms with Gasteiger partial charge in [-0.25, -0.2) is 0 Å². The molecule has 0 heterocycles. The molecule has 0 aliphatic carbocycles. The summed E-state index contributed by atoms with van der Waals surface area (Å²) in [5, 5.41) is 5.16. The van der Waals surface area contributed by atoms with Gasteiger partial charge in [0, 0.05) is 24.6 Å². The fourth-order valence-electron chi connectivity index (χ4n) is 2.62. The van der Waals surface area contributed by atoms with Crippen LogP contribution in [0.15, 0.2) is 48.5 Å². The molecular formula is C23H26N4O3S. The summed E-state index contributed by atoms with van der Waals surface area (Å²) in [7, 11) is 0. The Kier molecular flexibility index (Phi) is 8.90. The van der Waals surface area contributed by atoms with Gasteiger partial charge in [-0.15, -0.1) is 0 Å². The molecule has 0 aliphatic rings. The third-order valence-electron chi connectivity index (χ3n) is 4.29. The molecule has 0 bridgehead atoms. The minimum Gasteiger partial charge on any atom is -0.326 e. The van der Waals surface area contributed by atoms with Crippen LogP contribution in [0.5, 0.6) is 0 Å². The maximum absolute atomic E-state index is 12.0. The van der Waals surface area contributed by atoms with E-state index in [1.54, 1.807) is 6.08 Å². The highest BCUT2D eigenvalue weighted by Gasteiger charge is 2.09. The van der Waals surface area contributed by atoms with E-state index in [4.69, 9.17) is 12.2 Å². The van der Waals surface area contributed by atoms with Crippen LogP contribution in [0.1, 0.15) is 35.1 Å². The summed E-state index contributed by atoms with van der Waals surface area (Å²) in [6.45, 7) is 5.86. The Hall–Kier alpha value is -3.52. The van der Waals surface area contributed by atoms with E-state index in [-0.39, 0.29) is 23.9 Å². The number of rotatable bonds is 6. The summed E-state index contributed by atoms with van der Waals surface area (Å²) < 4.78 is 0. The summed E-state index contributed by atoms with van der Waals surface area (Å²) in [5.41, 5.74) is 9.59. The van der Waals surface area contributed by atoms with Crippen LogP contribution in [0, 0.1) is 20.8 Å². The topological polar surface area (TPSA) is 99.3 Å². The van der Waals surface area contributed by atoms with E-state index < -0.39 is 11.8 Å². The quantitative estimate of drug-likeness (QED) is 0.316. The number of anilines is 1. The number of nitrogens with one attached hydrogen (secondary N) is 4. The fraction of sp³-hybridized carbons (Fsp3) is 0.217. The Morgan fingerprint density at radius 2 is 1.52 bits per heavy atom. The second-order valence-electron chi connectivity index (χ2n) is 7.10. The van der Waals surface area contributed by atoms with Gasteiger partial charge in [0.05, 0.1) is 0 Å². The highest BCUT2D eigenvalue weighted by atomic mass is 32.1. The normalized spacial score (nSPS) is 10.4. The average molecular weight is 439 g/mol. The number of hydrogen-bond acceptors (Lipinski definition) is 4. The predicted octanol–water partition coefficient (Wildman–Crippen LogP) is 3.07. The molecule has 0 saturated heterocycles. The van der Waals surface area contributed by atoms with E-state index in [0.717, 1.165) is 27.9 Å². The van der Waals surface area contributed by atoms with Crippen molar-refractivity contribution in [2.75, 3.05) is 5.32 Å². The number of carbonyl (C=O) groups excluding carboxylic acids is 3. The number of aryl methyl sites for hydroxylation is 3. The number of thiocarbonyl (C=S) groups is 1. The minimum atomic E-state index is -0.430. The molecule has 2 aromatic rings. The first-order chi connectivity index (χ1) is 14.7. The molecule has 162 valence electrons. The number of amides is 3. The van der Waals surface area contributed by atoms with E-state index in [1.165, 1.54) is 6.08 Å². The van der Waals surface area contributed by atoms with E-state index in [0.29, 0.717) is 0 Å². The second-order valence-corrected chi connectivity index (χ2v) is 7.51. The fourth-order valence-corrected chi connectivity index (χ4v) is 2.77. The second kappa shape index (κ2) is 11.6. The maximum atomic E-state index is 12.0. The Labute approximate surface area is 187 Å². The van der Waals surface area contributed by atoms with Gasteiger partial charge in [0.25, 0.3) is 0 Å². The number of benzene rings is 2. The molecule has 0 aliphatic heterocycles. The van der Waals surface area contributed by atoms with Crippen molar-refractivity contribution < 1.29 is 14.4 Å². The molecule has 2 rings (SSSR count). The first kappa shape index (κ1) is 23.8. The van der Waals surface area contributed by atoms with Gasteiger partial charge in [-0.1, -0.05) is 47.5 Å². The zero-order valence-electron chi connectivity index (χ0n) is 17.7. The van der Waals surface area contributed by atoms with E-state index >= 15 is 0 Å². The molecule has 0 aromatic heterocycles. The molecule has 0 radical (unpaired) electrons. The lowest BCUT2D eigenvalue weighted by molar-refractivity contribution is -0.124. The van der Waals surface area contributed by atoms with Crippen molar-refractivity contribution in [2.24, 2.45) is 0 Å². The summed E-state index contributed by atoms with van der Waals surface area (Å²) in [5.74, 6) is -1.12. The predicted molar refractivity (Wildman–Crippen MR) is 126 cm³/mol. The largest absolute Gasteiger partial charge is 0.326 e. The van der Waals surface area contributed by atoms with Gasteiger partial charge < -0.3 is 5.32 Å². The van der Waals surface area contributed by atoms with Crippen molar-refractivity contribution >= 4 is 46.8 Å². The monoisotopic (exact) mass is 438 g/mol. The Morgan fingerprint density at radius 1 is 0.871 bits per heavy atom. The zero-order valence-corrected chi connectivity index (χ0v) is 18.6. The number of hydrogen-bond donors (Lipinski definition) is 4. The van der Waals surface area contributed by atoms with Crippen LogP contribution in [0.3, 0.4) is 0 Å². The van der Waals surface area contributed by atoms with Crippen molar-refractivity contribution in [3.63, 3.8) is 0 Å². The number of hydrazine groups is 1. The Bertz CT molecular complexity index is 1000. The molecule has 0 atom stereocenters. The molecule has 0 saturated carbocycles. The number of carbonyl (C=O) groups is 3. The van der Waals surface area contributed by atoms with Crippen molar-refractivity contribution in [3.8, 4) is 0 Å². The standard InChI is InChI=1S/C23H26N4O3S/c1-15-4-7-18(8-5-15)9-11-21(29)25-23(31)27-26-22(30)13-12-20(28)24-19-10-6-16(2)14-17(19)3/h4-11,14H,12-13H2,1-3H3,(H,24,28)(H,26,30)(H2,25,27,29,31). The van der Waals surface area contributed by atoms with Crippen LogP contribution in [-0.4, -0.2) is 22.8 Å². The lowest BCUT2D eigenvalue weighted by Gasteiger charge is -2.11. The average Bonchev–Trinajstić information content (AvgIpc) is 2.72. The van der Waals surface area contributed by atoms with Gasteiger partial charge in [0.2, 0.25) is 17.7 Å². The van der Waals surface area contributed by atoms with Gasteiger partial charge in [-0.05, 0) is 56.3 Å². The van der Waals surface area contributed by atoms with Crippen LogP contribution in [-0.2, 0) is 14.4 Å². The van der Waals surface area contributed by atoms with Crippen LogP contribution in [0.25, 0.3) is 6.08 Å². The summed E-state index contributed by atoms with van der Waals surface area (Å²) in [6, 6.07) is 13.4. The van der Waals surface area contributed by atoms with Gasteiger partial charge in [-0.2, -0.15) is 0 Å². The molecule has 3 amide bonds. The zero-order chi connectivity index (χ0) is 22.8. The Balaban J connectivity index is 1.67. The lowest BCUT2D eigenvalue weighted by atomic mass is 10.1. The van der Waals surface area contributed by atoms with Gasteiger partial charge in [0.15, 0.2) is 5.11 Å². The Morgan fingerprint density at radius 3 is 2.19 bits per heavy atom. The molecule has 8 heteroatoms. The summed E-state index contributed by atoms with van der Waals surface area (Å²) in [4.78, 5) is 35.8. The first-order valence-corrected chi connectivity index (χ1v) is 10.2. The SMILES string of the molecule is Cc1ccc(C=CC(=O)NC(=S)NNC(=O)CCC(=O)Nc2ccc(C)cc2C)cc1. The van der Waals surface area contributed by atoms with Crippen molar-refractivity contribution in [3.05, 3.63) is 70.8 Å². The van der Waals surface area contributed by atoms with Crippen molar-refractivity contribution in [1.29, 1.82) is 0 Å². The van der Waals surface area contributed by atoms with Gasteiger partial charge in [-0.3, -0.25) is 30.6 Å². The molecule has 0 fully saturated rings. The van der Waals surface area contributed by atoms with Crippen LogP contribution >= 0.6 is 12.2 Å². The van der Waals surface area contributed by atoms with Crippen molar-refractivity contribution in [2.45, 2.75) is 33.6 Å². The third kappa shape index (κ3) is 8.79. The molecule has 4 N–H and O–H groups in total. The molecule has 31 heavy (non-hydrogen) atoms. The molecule has 2 aromatic carbocycles. The van der Waals surface area contributed by atoms with Gasteiger partial charge in [0.1, 0.15) is 0 Å². The summed E-state index contributed by atoms with van der Waals surface area (Å²) in [6.07, 6.45) is 2.98. The van der Waals surface area contributed by atoms with Crippen LogP contribution in [0.2, 0.25) is 0 Å².